The van der Waals surface area contributed by atoms with E-state index in [9.17, 15) is 0 Å². The quantitative estimate of drug-likeness (QED) is 0.463. The molecule has 19 heavy (non-hydrogen) atoms. The van der Waals surface area contributed by atoms with Crippen molar-refractivity contribution in [1.29, 1.82) is 10.8 Å². The maximum absolute atomic E-state index is 7.66. The second-order valence-corrected chi connectivity index (χ2v) is 4.25. The van der Waals surface area contributed by atoms with E-state index in [2.05, 4.69) is 5.32 Å². The standard InChI is InChI=1S/C12H17N5O2/c1-17(12(15)16-11(13)14)5-4-8-2-3-9-10(6-8)19-7-18-9/h2-3,6H,4-5,7H2,1H3,(H5,13,14,15,16). The number of guanidine groups is 2. The van der Waals surface area contributed by atoms with Gasteiger partial charge in [-0.25, -0.2) is 0 Å². The SMILES string of the molecule is CN(CCc1ccc2c(c1)OCO2)C(=N)NC(=N)N. The molecule has 102 valence electrons. The molecule has 1 heterocycles. The summed E-state index contributed by atoms with van der Waals surface area (Å²) < 4.78 is 10.6. The Hall–Kier alpha value is -2.44. The van der Waals surface area contributed by atoms with Gasteiger partial charge in [-0.15, -0.1) is 0 Å². The van der Waals surface area contributed by atoms with Crippen LogP contribution in [-0.2, 0) is 6.42 Å². The Morgan fingerprint density at radius 2 is 2.11 bits per heavy atom. The first-order valence-corrected chi connectivity index (χ1v) is 5.85. The fourth-order valence-electron chi connectivity index (χ4n) is 1.73. The van der Waals surface area contributed by atoms with Crippen LogP contribution in [0.15, 0.2) is 18.2 Å². The van der Waals surface area contributed by atoms with E-state index >= 15 is 0 Å². The summed E-state index contributed by atoms with van der Waals surface area (Å²) in [6, 6.07) is 5.80. The van der Waals surface area contributed by atoms with Gasteiger partial charge in [0.15, 0.2) is 23.4 Å². The molecule has 0 unspecified atom stereocenters. The minimum Gasteiger partial charge on any atom is -0.454 e. The third kappa shape index (κ3) is 3.27. The van der Waals surface area contributed by atoms with Crippen molar-refractivity contribution >= 4 is 11.9 Å². The van der Waals surface area contributed by atoms with Gasteiger partial charge in [-0.05, 0) is 24.1 Å². The Morgan fingerprint density at radius 1 is 1.37 bits per heavy atom. The molecule has 0 spiro atoms. The van der Waals surface area contributed by atoms with E-state index in [0.29, 0.717) is 6.54 Å². The van der Waals surface area contributed by atoms with E-state index in [4.69, 9.17) is 26.0 Å². The summed E-state index contributed by atoms with van der Waals surface area (Å²) in [6.07, 6.45) is 0.759. The van der Waals surface area contributed by atoms with Crippen LogP contribution in [0.2, 0.25) is 0 Å². The molecule has 7 heteroatoms. The molecule has 1 aromatic carbocycles. The number of rotatable bonds is 3. The average Bonchev–Trinajstić information content (AvgIpc) is 2.82. The van der Waals surface area contributed by atoms with Crippen molar-refractivity contribution in [3.63, 3.8) is 0 Å². The molecule has 2 rings (SSSR count). The van der Waals surface area contributed by atoms with Crippen LogP contribution in [0.1, 0.15) is 5.56 Å². The van der Waals surface area contributed by atoms with Crippen LogP contribution >= 0.6 is 0 Å². The maximum Gasteiger partial charge on any atom is 0.231 e. The first-order chi connectivity index (χ1) is 9.06. The van der Waals surface area contributed by atoms with Gasteiger partial charge < -0.3 is 20.1 Å². The predicted octanol–water partition coefficient (Wildman–Crippen LogP) is 0.307. The Balaban J connectivity index is 1.88. The zero-order valence-electron chi connectivity index (χ0n) is 10.7. The molecule has 1 aliphatic rings. The van der Waals surface area contributed by atoms with Crippen molar-refractivity contribution in [3.05, 3.63) is 23.8 Å². The van der Waals surface area contributed by atoms with Gasteiger partial charge in [0.25, 0.3) is 0 Å². The zero-order chi connectivity index (χ0) is 13.8. The van der Waals surface area contributed by atoms with Crippen molar-refractivity contribution in [1.82, 2.24) is 10.2 Å². The minimum absolute atomic E-state index is 0.105. The van der Waals surface area contributed by atoms with Crippen molar-refractivity contribution in [2.45, 2.75) is 6.42 Å². The van der Waals surface area contributed by atoms with Crippen molar-refractivity contribution in [3.8, 4) is 11.5 Å². The summed E-state index contributed by atoms with van der Waals surface area (Å²) in [6.45, 7) is 0.907. The van der Waals surface area contributed by atoms with E-state index in [1.807, 2.05) is 18.2 Å². The van der Waals surface area contributed by atoms with Crippen molar-refractivity contribution in [2.75, 3.05) is 20.4 Å². The number of likely N-dealkylation sites (N-methyl/N-ethyl adjacent to an activating group) is 1. The molecule has 5 N–H and O–H groups in total. The number of nitrogens with two attached hydrogens (primary N) is 1. The Bertz CT molecular complexity index is 503. The lowest BCUT2D eigenvalue weighted by Gasteiger charge is -2.20. The van der Waals surface area contributed by atoms with Gasteiger partial charge in [0.05, 0.1) is 0 Å². The zero-order valence-corrected chi connectivity index (χ0v) is 10.7. The van der Waals surface area contributed by atoms with Crippen LogP contribution in [0, 0.1) is 10.8 Å². The predicted molar refractivity (Wildman–Crippen MR) is 71.7 cm³/mol. The largest absolute Gasteiger partial charge is 0.454 e. The number of nitrogens with zero attached hydrogens (tertiary/aromatic N) is 1. The van der Waals surface area contributed by atoms with Crippen LogP contribution in [0.4, 0.5) is 0 Å². The molecule has 0 aliphatic carbocycles. The highest BCUT2D eigenvalue weighted by atomic mass is 16.7. The maximum atomic E-state index is 7.66. The fourth-order valence-corrected chi connectivity index (χ4v) is 1.73. The molecule has 0 saturated carbocycles. The molecule has 0 aromatic heterocycles. The van der Waals surface area contributed by atoms with Crippen LogP contribution in [0.25, 0.3) is 0 Å². The number of hydrogen-bond donors (Lipinski definition) is 4. The second kappa shape index (κ2) is 5.47. The summed E-state index contributed by atoms with van der Waals surface area (Å²) >= 11 is 0. The molecule has 0 fully saturated rings. The van der Waals surface area contributed by atoms with Crippen LogP contribution in [-0.4, -0.2) is 37.2 Å². The van der Waals surface area contributed by atoms with E-state index in [1.54, 1.807) is 11.9 Å². The van der Waals surface area contributed by atoms with E-state index < -0.39 is 0 Å². The smallest absolute Gasteiger partial charge is 0.231 e. The Morgan fingerprint density at radius 3 is 2.84 bits per heavy atom. The van der Waals surface area contributed by atoms with Crippen molar-refractivity contribution in [2.24, 2.45) is 5.73 Å². The molecule has 1 aromatic rings. The topological polar surface area (TPSA) is 107 Å². The third-order valence-corrected chi connectivity index (χ3v) is 2.81. The van der Waals surface area contributed by atoms with Gasteiger partial charge in [-0.2, -0.15) is 0 Å². The van der Waals surface area contributed by atoms with Gasteiger partial charge in [0.1, 0.15) is 0 Å². The Labute approximate surface area is 111 Å². The highest BCUT2D eigenvalue weighted by Crippen LogP contribution is 2.32. The summed E-state index contributed by atoms with van der Waals surface area (Å²) in [7, 11) is 1.77. The van der Waals surface area contributed by atoms with E-state index in [0.717, 1.165) is 23.5 Å². The van der Waals surface area contributed by atoms with E-state index in [1.165, 1.54) is 0 Å². The molecular weight excluding hydrogens is 246 g/mol. The molecule has 0 amide bonds. The first-order valence-electron chi connectivity index (χ1n) is 5.85. The number of nitrogens with one attached hydrogen (secondary N) is 3. The number of benzene rings is 1. The highest BCUT2D eigenvalue weighted by molar-refractivity contribution is 5.94. The number of fused-ring (bicyclic) bond motifs is 1. The van der Waals surface area contributed by atoms with Gasteiger partial charge in [-0.3, -0.25) is 16.1 Å². The lowest BCUT2D eigenvalue weighted by atomic mass is 10.1. The lowest BCUT2D eigenvalue weighted by Crippen LogP contribution is -2.44. The molecule has 0 radical (unpaired) electrons. The minimum atomic E-state index is -0.236. The Kier molecular flexibility index (Phi) is 3.74. The average molecular weight is 263 g/mol. The van der Waals surface area contributed by atoms with E-state index in [-0.39, 0.29) is 18.7 Å². The van der Waals surface area contributed by atoms with Gasteiger partial charge in [0, 0.05) is 13.6 Å². The first kappa shape index (κ1) is 13.0. The summed E-state index contributed by atoms with van der Waals surface area (Å²) in [5.41, 5.74) is 6.28. The molecule has 7 nitrogen and oxygen atoms in total. The fraction of sp³-hybridized carbons (Fsp3) is 0.333. The van der Waals surface area contributed by atoms with Gasteiger partial charge in [0.2, 0.25) is 6.79 Å². The summed E-state index contributed by atoms with van der Waals surface area (Å²) in [5, 5.41) is 17.2. The van der Waals surface area contributed by atoms with Gasteiger partial charge >= 0.3 is 0 Å². The molecule has 0 saturated heterocycles. The highest BCUT2D eigenvalue weighted by Gasteiger charge is 2.13. The van der Waals surface area contributed by atoms with Crippen LogP contribution in [0.5, 0.6) is 11.5 Å². The van der Waals surface area contributed by atoms with Crippen molar-refractivity contribution < 1.29 is 9.47 Å². The summed E-state index contributed by atoms with van der Waals surface area (Å²) in [5.74, 6) is 1.40. The molecule has 1 aliphatic heterocycles. The third-order valence-electron chi connectivity index (χ3n) is 2.81. The number of ether oxygens (including phenoxy) is 2. The normalized spacial score (nSPS) is 12.1. The monoisotopic (exact) mass is 263 g/mol. The van der Waals surface area contributed by atoms with Crippen LogP contribution in [0.3, 0.4) is 0 Å². The van der Waals surface area contributed by atoms with Crippen LogP contribution < -0.4 is 20.5 Å². The molecule has 0 atom stereocenters. The number of hydrogen-bond acceptors (Lipinski definition) is 4. The second-order valence-electron chi connectivity index (χ2n) is 4.25. The summed E-state index contributed by atoms with van der Waals surface area (Å²) in [4.78, 5) is 1.69. The molecule has 0 bridgehead atoms. The lowest BCUT2D eigenvalue weighted by molar-refractivity contribution is 0.174. The molecular formula is C12H17N5O2. The van der Waals surface area contributed by atoms with Gasteiger partial charge in [-0.1, -0.05) is 6.07 Å².